The average Bonchev–Trinajstić information content (AvgIpc) is 2.59. The number of amides is 1. The highest BCUT2D eigenvalue weighted by molar-refractivity contribution is 7.89. The number of nitrogens with one attached hydrogen (secondary N) is 1. The van der Waals surface area contributed by atoms with Crippen LogP contribution in [-0.4, -0.2) is 55.8 Å². The van der Waals surface area contributed by atoms with Crippen molar-refractivity contribution >= 4 is 44.3 Å². The van der Waals surface area contributed by atoms with Gasteiger partial charge in [-0.15, -0.1) is 0 Å². The van der Waals surface area contributed by atoms with Gasteiger partial charge in [-0.1, -0.05) is 23.7 Å². The van der Waals surface area contributed by atoms with Crippen molar-refractivity contribution in [2.45, 2.75) is 4.90 Å². The van der Waals surface area contributed by atoms with E-state index in [2.05, 4.69) is 5.43 Å². The number of nitrogens with zero attached hydrogens (tertiary/aromatic N) is 2. The summed E-state index contributed by atoms with van der Waals surface area (Å²) in [6.45, 7) is -0.811. The van der Waals surface area contributed by atoms with Crippen LogP contribution in [0.3, 0.4) is 0 Å². The lowest BCUT2D eigenvalue weighted by atomic mass is 10.1. The van der Waals surface area contributed by atoms with Crippen LogP contribution in [0.4, 0.5) is 0 Å². The fourth-order valence-electron chi connectivity index (χ4n) is 2.69. The van der Waals surface area contributed by atoms with Crippen molar-refractivity contribution in [3.63, 3.8) is 0 Å². The molecular weight excluding hydrogens is 382 g/mol. The molecule has 0 spiro atoms. The maximum Gasteiger partial charge on any atom is 0.252 e. The zero-order chi connectivity index (χ0) is 18.9. The van der Waals surface area contributed by atoms with Gasteiger partial charge in [0.2, 0.25) is 10.0 Å². The van der Waals surface area contributed by atoms with Crippen LogP contribution >= 0.6 is 11.6 Å². The van der Waals surface area contributed by atoms with Crippen molar-refractivity contribution in [3.05, 3.63) is 41.4 Å². The molecule has 0 atom stereocenters. The Kier molecular flexibility index (Phi) is 5.15. The summed E-state index contributed by atoms with van der Waals surface area (Å²) in [6, 6.07) is 9.80. The SMILES string of the molecule is O=C([O-])CNN1CCN(S(=O)(=O)c2ccc3cc(Cl)ccc3c2)CC1=O. The fourth-order valence-corrected chi connectivity index (χ4v) is 4.29. The van der Waals surface area contributed by atoms with E-state index in [1.807, 2.05) is 0 Å². The monoisotopic (exact) mass is 396 g/mol. The Hall–Kier alpha value is -2.20. The number of carboxylic acid groups (broad SMARTS) is 1. The van der Waals surface area contributed by atoms with Gasteiger partial charge in [0.25, 0.3) is 5.91 Å². The van der Waals surface area contributed by atoms with E-state index in [1.54, 1.807) is 24.3 Å². The second-order valence-corrected chi connectivity index (χ2v) is 8.12. The van der Waals surface area contributed by atoms with Gasteiger partial charge in [0.15, 0.2) is 0 Å². The van der Waals surface area contributed by atoms with E-state index < -0.39 is 28.4 Å². The number of carbonyl (C=O) groups excluding carboxylic acids is 2. The summed E-state index contributed by atoms with van der Waals surface area (Å²) in [5.74, 6) is -1.89. The summed E-state index contributed by atoms with van der Waals surface area (Å²) >= 11 is 5.93. The number of hydrazine groups is 1. The summed E-state index contributed by atoms with van der Waals surface area (Å²) in [5, 5.41) is 13.6. The van der Waals surface area contributed by atoms with Gasteiger partial charge >= 0.3 is 0 Å². The van der Waals surface area contributed by atoms with Crippen molar-refractivity contribution in [3.8, 4) is 0 Å². The number of piperazine rings is 1. The van der Waals surface area contributed by atoms with Crippen LogP contribution in [0, 0.1) is 0 Å². The molecule has 1 aliphatic heterocycles. The van der Waals surface area contributed by atoms with Crippen molar-refractivity contribution < 1.29 is 23.1 Å². The lowest BCUT2D eigenvalue weighted by Gasteiger charge is -2.33. The van der Waals surface area contributed by atoms with Gasteiger partial charge in [0, 0.05) is 11.6 Å². The number of aliphatic carboxylic acids is 1. The molecule has 138 valence electrons. The number of hydrogen-bond donors (Lipinski definition) is 1. The highest BCUT2D eigenvalue weighted by Crippen LogP contribution is 2.25. The summed E-state index contributed by atoms with van der Waals surface area (Å²) in [5.41, 5.74) is 2.40. The number of carbonyl (C=O) groups is 2. The normalized spacial score (nSPS) is 16.2. The molecule has 26 heavy (non-hydrogen) atoms. The van der Waals surface area contributed by atoms with Gasteiger partial charge in [-0.25, -0.2) is 13.8 Å². The van der Waals surface area contributed by atoms with Crippen LogP contribution in [-0.2, 0) is 19.6 Å². The van der Waals surface area contributed by atoms with E-state index in [-0.39, 0.29) is 24.5 Å². The van der Waals surface area contributed by atoms with Crippen LogP contribution in [0.25, 0.3) is 10.8 Å². The lowest BCUT2D eigenvalue weighted by Crippen LogP contribution is -2.58. The topological polar surface area (TPSA) is 110 Å². The van der Waals surface area contributed by atoms with Crippen molar-refractivity contribution in [2.75, 3.05) is 26.2 Å². The first-order chi connectivity index (χ1) is 12.3. The third-order valence-electron chi connectivity index (χ3n) is 4.01. The Morgan fingerprint density at radius 3 is 2.54 bits per heavy atom. The van der Waals surface area contributed by atoms with Crippen LogP contribution in [0.1, 0.15) is 0 Å². The maximum absolute atomic E-state index is 12.8. The van der Waals surface area contributed by atoms with Crippen molar-refractivity contribution in [1.82, 2.24) is 14.7 Å². The number of hydrogen-bond acceptors (Lipinski definition) is 6. The first kappa shape index (κ1) is 18.6. The Bertz CT molecular complexity index is 979. The third-order valence-corrected chi connectivity index (χ3v) is 6.09. The zero-order valence-electron chi connectivity index (χ0n) is 13.5. The molecule has 1 aliphatic rings. The molecule has 1 N–H and O–H groups in total. The standard InChI is InChI=1S/C16H16ClN3O5S/c17-13-3-1-12-8-14(4-2-11(12)7-13)26(24,25)19-5-6-20(15(21)10-19)18-9-16(22)23/h1-4,7-8,18H,5-6,9-10H2,(H,22,23)/p-1. The maximum atomic E-state index is 12.8. The predicted octanol–water partition coefficient (Wildman–Crippen LogP) is -0.419. The van der Waals surface area contributed by atoms with E-state index >= 15 is 0 Å². The largest absolute Gasteiger partial charge is 0.549 e. The average molecular weight is 397 g/mol. The number of halogens is 1. The number of sulfonamides is 1. The van der Waals surface area contributed by atoms with E-state index in [1.165, 1.54) is 12.1 Å². The van der Waals surface area contributed by atoms with Gasteiger partial charge in [-0.05, 0) is 35.0 Å². The lowest BCUT2D eigenvalue weighted by molar-refractivity contribution is -0.304. The summed E-state index contributed by atoms with van der Waals surface area (Å²) < 4.78 is 26.7. The smallest absolute Gasteiger partial charge is 0.252 e. The molecule has 3 rings (SSSR count). The summed E-state index contributed by atoms with van der Waals surface area (Å²) in [6.07, 6.45) is 0. The summed E-state index contributed by atoms with van der Waals surface area (Å²) in [4.78, 5) is 22.6. The van der Waals surface area contributed by atoms with Crippen LogP contribution < -0.4 is 10.5 Å². The van der Waals surface area contributed by atoms with E-state index in [9.17, 15) is 23.1 Å². The van der Waals surface area contributed by atoms with Gasteiger partial charge in [-0.3, -0.25) is 9.80 Å². The molecule has 8 nitrogen and oxygen atoms in total. The zero-order valence-corrected chi connectivity index (χ0v) is 15.1. The number of rotatable bonds is 5. The number of carboxylic acids is 1. The minimum Gasteiger partial charge on any atom is -0.549 e. The van der Waals surface area contributed by atoms with E-state index in [4.69, 9.17) is 11.6 Å². The third kappa shape index (κ3) is 3.80. The second kappa shape index (κ2) is 7.20. The van der Waals surface area contributed by atoms with E-state index in [0.717, 1.165) is 20.1 Å². The van der Waals surface area contributed by atoms with Gasteiger partial charge < -0.3 is 9.90 Å². The molecule has 2 aromatic rings. The molecule has 10 heteroatoms. The molecule has 0 unspecified atom stereocenters. The highest BCUT2D eigenvalue weighted by atomic mass is 35.5. The molecule has 0 aromatic heterocycles. The second-order valence-electron chi connectivity index (χ2n) is 5.74. The van der Waals surface area contributed by atoms with Crippen molar-refractivity contribution in [2.24, 2.45) is 0 Å². The fraction of sp³-hybridized carbons (Fsp3) is 0.250. The Labute approximate surface area is 155 Å². The van der Waals surface area contributed by atoms with Gasteiger partial charge in [0.1, 0.15) is 0 Å². The molecule has 1 amide bonds. The van der Waals surface area contributed by atoms with Gasteiger partial charge in [-0.2, -0.15) is 4.31 Å². The molecule has 0 aliphatic carbocycles. The first-order valence-electron chi connectivity index (χ1n) is 7.70. The Balaban J connectivity index is 1.79. The van der Waals surface area contributed by atoms with Crippen LogP contribution in [0.5, 0.6) is 0 Å². The van der Waals surface area contributed by atoms with Gasteiger partial charge in [0.05, 0.1) is 30.5 Å². The Morgan fingerprint density at radius 1 is 1.15 bits per heavy atom. The molecule has 1 heterocycles. The minimum absolute atomic E-state index is 0.0362. The molecular formula is C16H15ClN3O5S-. The molecule has 0 bridgehead atoms. The summed E-state index contributed by atoms with van der Waals surface area (Å²) in [7, 11) is -3.85. The first-order valence-corrected chi connectivity index (χ1v) is 9.52. The Morgan fingerprint density at radius 2 is 1.85 bits per heavy atom. The van der Waals surface area contributed by atoms with E-state index in [0.29, 0.717) is 5.02 Å². The molecule has 0 radical (unpaired) electrons. The quantitative estimate of drug-likeness (QED) is 0.735. The van der Waals surface area contributed by atoms with Crippen LogP contribution in [0.2, 0.25) is 5.02 Å². The molecule has 0 saturated carbocycles. The molecule has 1 saturated heterocycles. The highest BCUT2D eigenvalue weighted by Gasteiger charge is 2.32. The predicted molar refractivity (Wildman–Crippen MR) is 92.4 cm³/mol. The number of fused-ring (bicyclic) bond motifs is 1. The molecule has 2 aromatic carbocycles. The minimum atomic E-state index is -3.85. The number of benzene rings is 2. The van der Waals surface area contributed by atoms with Crippen molar-refractivity contribution in [1.29, 1.82) is 0 Å². The van der Waals surface area contributed by atoms with Crippen LogP contribution in [0.15, 0.2) is 41.3 Å². The molecule has 1 fully saturated rings.